The monoisotopic (exact) mass is 320 g/mol. The SMILES string of the molecule is CC[C@H](NC(=O)CCCNC(=O)OC(C)C)c1ccc(C)cc1. The van der Waals surface area contributed by atoms with E-state index in [2.05, 4.69) is 22.8 Å². The van der Waals surface area contributed by atoms with Crippen LogP contribution in [0.4, 0.5) is 4.79 Å². The number of hydrogen-bond acceptors (Lipinski definition) is 3. The van der Waals surface area contributed by atoms with Crippen LogP contribution in [-0.4, -0.2) is 24.6 Å². The van der Waals surface area contributed by atoms with Gasteiger partial charge in [0.2, 0.25) is 5.91 Å². The maximum absolute atomic E-state index is 12.0. The molecule has 0 bridgehead atoms. The van der Waals surface area contributed by atoms with E-state index in [0.717, 1.165) is 12.0 Å². The molecule has 0 aromatic heterocycles. The second kappa shape index (κ2) is 9.87. The molecule has 1 atom stereocenters. The van der Waals surface area contributed by atoms with Gasteiger partial charge in [-0.05, 0) is 39.2 Å². The fraction of sp³-hybridized carbons (Fsp3) is 0.556. The highest BCUT2D eigenvalue weighted by Gasteiger charge is 2.12. The lowest BCUT2D eigenvalue weighted by Gasteiger charge is -2.18. The number of aryl methyl sites for hydroxylation is 1. The van der Waals surface area contributed by atoms with Crippen LogP contribution in [0.5, 0.6) is 0 Å². The molecule has 0 aliphatic rings. The first-order valence-electron chi connectivity index (χ1n) is 8.22. The fourth-order valence-electron chi connectivity index (χ4n) is 2.18. The summed E-state index contributed by atoms with van der Waals surface area (Å²) < 4.78 is 4.96. The van der Waals surface area contributed by atoms with Crippen molar-refractivity contribution in [3.63, 3.8) is 0 Å². The number of amides is 2. The summed E-state index contributed by atoms with van der Waals surface area (Å²) in [6, 6.07) is 8.23. The Morgan fingerprint density at radius 3 is 2.39 bits per heavy atom. The van der Waals surface area contributed by atoms with Gasteiger partial charge in [-0.3, -0.25) is 4.79 Å². The molecule has 1 rings (SSSR count). The second-order valence-corrected chi connectivity index (χ2v) is 5.92. The van der Waals surface area contributed by atoms with Gasteiger partial charge in [-0.2, -0.15) is 0 Å². The summed E-state index contributed by atoms with van der Waals surface area (Å²) in [5.74, 6) is -0.00329. The van der Waals surface area contributed by atoms with Crippen molar-refractivity contribution in [3.8, 4) is 0 Å². The molecule has 5 heteroatoms. The van der Waals surface area contributed by atoms with E-state index >= 15 is 0 Å². The van der Waals surface area contributed by atoms with Crippen molar-refractivity contribution in [2.75, 3.05) is 6.54 Å². The summed E-state index contributed by atoms with van der Waals surface area (Å²) in [6.07, 6.45) is 1.23. The topological polar surface area (TPSA) is 67.4 Å². The van der Waals surface area contributed by atoms with E-state index in [1.54, 1.807) is 13.8 Å². The largest absolute Gasteiger partial charge is 0.447 e. The Morgan fingerprint density at radius 1 is 1.17 bits per heavy atom. The van der Waals surface area contributed by atoms with Gasteiger partial charge >= 0.3 is 6.09 Å². The third kappa shape index (κ3) is 7.68. The number of hydrogen-bond donors (Lipinski definition) is 2. The van der Waals surface area contributed by atoms with E-state index in [-0.39, 0.29) is 18.1 Å². The Morgan fingerprint density at radius 2 is 1.83 bits per heavy atom. The number of rotatable bonds is 8. The minimum atomic E-state index is -0.438. The van der Waals surface area contributed by atoms with Crippen LogP contribution in [0.15, 0.2) is 24.3 Å². The van der Waals surface area contributed by atoms with Gasteiger partial charge in [0.25, 0.3) is 0 Å². The van der Waals surface area contributed by atoms with Crippen LogP contribution in [0.3, 0.4) is 0 Å². The summed E-state index contributed by atoms with van der Waals surface area (Å²) in [4.78, 5) is 23.3. The quantitative estimate of drug-likeness (QED) is 0.721. The maximum Gasteiger partial charge on any atom is 0.407 e. The van der Waals surface area contributed by atoms with Gasteiger partial charge in [0.05, 0.1) is 12.1 Å². The molecule has 0 spiro atoms. The number of carbonyl (C=O) groups excluding carboxylic acids is 2. The highest BCUT2D eigenvalue weighted by molar-refractivity contribution is 5.76. The van der Waals surface area contributed by atoms with Crippen molar-refractivity contribution in [1.29, 1.82) is 0 Å². The molecule has 0 saturated carbocycles. The summed E-state index contributed by atoms with van der Waals surface area (Å²) in [5.41, 5.74) is 2.32. The zero-order chi connectivity index (χ0) is 17.2. The van der Waals surface area contributed by atoms with Crippen LogP contribution in [0.1, 0.15) is 57.2 Å². The van der Waals surface area contributed by atoms with Gasteiger partial charge in [-0.25, -0.2) is 4.79 Å². The first kappa shape index (κ1) is 19.0. The predicted octanol–water partition coefficient (Wildman–Crippen LogP) is 3.48. The van der Waals surface area contributed by atoms with Gasteiger partial charge < -0.3 is 15.4 Å². The van der Waals surface area contributed by atoms with Gasteiger partial charge in [0, 0.05) is 13.0 Å². The Hall–Kier alpha value is -2.04. The maximum atomic E-state index is 12.0. The molecule has 0 aliphatic heterocycles. The van der Waals surface area contributed by atoms with E-state index in [4.69, 9.17) is 4.74 Å². The normalized spacial score (nSPS) is 11.9. The molecule has 1 aromatic carbocycles. The van der Waals surface area contributed by atoms with Crippen molar-refractivity contribution >= 4 is 12.0 Å². The Balaban J connectivity index is 2.31. The smallest absolute Gasteiger partial charge is 0.407 e. The lowest BCUT2D eigenvalue weighted by Crippen LogP contribution is -2.30. The van der Waals surface area contributed by atoms with E-state index in [9.17, 15) is 9.59 Å². The van der Waals surface area contributed by atoms with Gasteiger partial charge in [0.1, 0.15) is 0 Å². The van der Waals surface area contributed by atoms with Gasteiger partial charge in [-0.15, -0.1) is 0 Å². The average Bonchev–Trinajstić information content (AvgIpc) is 2.49. The highest BCUT2D eigenvalue weighted by atomic mass is 16.6. The molecule has 1 aromatic rings. The summed E-state index contributed by atoms with van der Waals surface area (Å²) in [5, 5.41) is 5.67. The molecule has 128 valence electrons. The molecule has 0 unspecified atom stereocenters. The van der Waals surface area contributed by atoms with E-state index in [0.29, 0.717) is 19.4 Å². The average molecular weight is 320 g/mol. The van der Waals surface area contributed by atoms with E-state index in [1.165, 1.54) is 5.56 Å². The molecule has 0 heterocycles. The molecular formula is C18H28N2O3. The Labute approximate surface area is 138 Å². The number of nitrogens with one attached hydrogen (secondary N) is 2. The molecule has 0 radical (unpaired) electrons. The first-order chi connectivity index (χ1) is 10.9. The van der Waals surface area contributed by atoms with Gasteiger partial charge in [-0.1, -0.05) is 36.8 Å². The zero-order valence-electron chi connectivity index (χ0n) is 14.5. The highest BCUT2D eigenvalue weighted by Crippen LogP contribution is 2.17. The van der Waals surface area contributed by atoms with Crippen molar-refractivity contribution in [2.24, 2.45) is 0 Å². The molecule has 5 nitrogen and oxygen atoms in total. The molecule has 2 amide bonds. The third-order valence-electron chi connectivity index (χ3n) is 3.42. The standard InChI is InChI=1S/C18H28N2O3/c1-5-16(15-10-8-14(4)9-11-15)20-17(21)7-6-12-19-18(22)23-13(2)3/h8-11,13,16H,5-7,12H2,1-4H3,(H,19,22)(H,20,21)/t16-/m0/s1. The molecule has 0 saturated heterocycles. The van der Waals surface area contributed by atoms with Crippen molar-refractivity contribution in [2.45, 2.75) is 59.1 Å². The molecular weight excluding hydrogens is 292 g/mol. The van der Waals surface area contributed by atoms with Crippen LogP contribution in [0.25, 0.3) is 0 Å². The number of benzene rings is 1. The molecule has 23 heavy (non-hydrogen) atoms. The van der Waals surface area contributed by atoms with E-state index < -0.39 is 6.09 Å². The predicted molar refractivity (Wildman–Crippen MR) is 91.2 cm³/mol. The minimum absolute atomic E-state index is 0.00329. The minimum Gasteiger partial charge on any atom is -0.447 e. The number of ether oxygens (including phenoxy) is 1. The van der Waals surface area contributed by atoms with Gasteiger partial charge in [0.15, 0.2) is 0 Å². The molecule has 0 fully saturated rings. The fourth-order valence-corrected chi connectivity index (χ4v) is 2.18. The van der Waals surface area contributed by atoms with E-state index in [1.807, 2.05) is 26.0 Å². The van der Waals surface area contributed by atoms with Crippen LogP contribution in [-0.2, 0) is 9.53 Å². The third-order valence-corrected chi connectivity index (χ3v) is 3.42. The number of carbonyl (C=O) groups is 2. The summed E-state index contributed by atoms with van der Waals surface area (Å²) in [6.45, 7) is 8.11. The van der Waals surface area contributed by atoms with Crippen molar-refractivity contribution in [3.05, 3.63) is 35.4 Å². The first-order valence-corrected chi connectivity index (χ1v) is 8.22. The molecule has 2 N–H and O–H groups in total. The van der Waals surface area contributed by atoms with Crippen LogP contribution in [0, 0.1) is 6.92 Å². The van der Waals surface area contributed by atoms with Crippen LogP contribution in [0.2, 0.25) is 0 Å². The lowest BCUT2D eigenvalue weighted by atomic mass is 10.0. The zero-order valence-corrected chi connectivity index (χ0v) is 14.5. The molecule has 0 aliphatic carbocycles. The van der Waals surface area contributed by atoms with Crippen molar-refractivity contribution < 1.29 is 14.3 Å². The second-order valence-electron chi connectivity index (χ2n) is 5.92. The van der Waals surface area contributed by atoms with Crippen LogP contribution < -0.4 is 10.6 Å². The van der Waals surface area contributed by atoms with Crippen molar-refractivity contribution in [1.82, 2.24) is 10.6 Å². The summed E-state index contributed by atoms with van der Waals surface area (Å²) >= 11 is 0. The lowest BCUT2D eigenvalue weighted by molar-refractivity contribution is -0.122. The van der Waals surface area contributed by atoms with Crippen LogP contribution >= 0.6 is 0 Å². The Bertz CT molecular complexity index is 497. The summed E-state index contributed by atoms with van der Waals surface area (Å²) in [7, 11) is 0. The Kier molecular flexibility index (Phi) is 8.16. The number of alkyl carbamates (subject to hydrolysis) is 1.